The van der Waals surface area contributed by atoms with E-state index in [4.69, 9.17) is 4.42 Å². The van der Waals surface area contributed by atoms with Gasteiger partial charge < -0.3 is 8.98 Å². The maximum absolute atomic E-state index is 13.7. The number of sulfone groups is 1. The van der Waals surface area contributed by atoms with Gasteiger partial charge in [0.2, 0.25) is 9.84 Å². The summed E-state index contributed by atoms with van der Waals surface area (Å²) in [7, 11) is -3.64. The van der Waals surface area contributed by atoms with Crippen molar-refractivity contribution < 1.29 is 12.8 Å². The fourth-order valence-electron chi connectivity index (χ4n) is 5.61. The molecule has 1 aliphatic heterocycles. The van der Waals surface area contributed by atoms with Gasteiger partial charge in [0.15, 0.2) is 0 Å². The number of rotatable bonds is 3. The molecule has 0 saturated heterocycles. The summed E-state index contributed by atoms with van der Waals surface area (Å²) in [5.41, 5.74) is 6.40. The zero-order valence-electron chi connectivity index (χ0n) is 22.0. The monoisotopic (exact) mass is 529 g/mol. The van der Waals surface area contributed by atoms with E-state index in [0.717, 1.165) is 50.4 Å². The lowest BCUT2D eigenvalue weighted by molar-refractivity contribution is 0.554. The highest BCUT2D eigenvalue weighted by molar-refractivity contribution is 7.92. The molecule has 2 aromatic heterocycles. The number of hydrogen-bond acceptors (Lipinski definition) is 3. The van der Waals surface area contributed by atoms with E-state index < -0.39 is 9.84 Å². The Morgan fingerprint density at radius 3 is 1.95 bits per heavy atom. The van der Waals surface area contributed by atoms with Crippen molar-refractivity contribution in [3.8, 4) is 39.5 Å². The average molecular weight is 530 g/mol. The summed E-state index contributed by atoms with van der Waals surface area (Å²) in [6.45, 7) is 6.49. The molecule has 0 fully saturated rings. The van der Waals surface area contributed by atoms with Gasteiger partial charge in [-0.15, -0.1) is 0 Å². The first-order valence-electron chi connectivity index (χ1n) is 13.0. The van der Waals surface area contributed by atoms with E-state index in [9.17, 15) is 8.42 Å². The van der Waals surface area contributed by atoms with Crippen molar-refractivity contribution in [1.29, 1.82) is 0 Å². The summed E-state index contributed by atoms with van der Waals surface area (Å²) in [6.07, 6.45) is 0. The first-order valence-corrected chi connectivity index (χ1v) is 14.5. The number of benzene rings is 4. The number of aromatic nitrogens is 1. The third-order valence-electron chi connectivity index (χ3n) is 7.52. The Labute approximate surface area is 228 Å². The topological polar surface area (TPSA) is 52.2 Å². The van der Waals surface area contributed by atoms with Crippen LogP contribution in [0.2, 0.25) is 0 Å². The van der Waals surface area contributed by atoms with E-state index in [0.29, 0.717) is 15.5 Å². The molecule has 7 rings (SSSR count). The van der Waals surface area contributed by atoms with Gasteiger partial charge in [0.05, 0.1) is 21.0 Å². The third-order valence-corrected chi connectivity index (χ3v) is 9.36. The summed E-state index contributed by atoms with van der Waals surface area (Å²) in [6, 6.07) is 35.5. The van der Waals surface area contributed by atoms with Crippen LogP contribution in [0.1, 0.15) is 26.5 Å². The summed E-state index contributed by atoms with van der Waals surface area (Å²) in [4.78, 5) is 0.710. The van der Waals surface area contributed by atoms with Crippen molar-refractivity contribution in [2.45, 2.75) is 36.0 Å². The molecule has 0 aliphatic carbocycles. The first kappa shape index (κ1) is 23.7. The number of furan rings is 1. The maximum atomic E-state index is 13.7. The van der Waals surface area contributed by atoms with Crippen LogP contribution in [0.3, 0.4) is 0 Å². The molecule has 4 aromatic carbocycles. The van der Waals surface area contributed by atoms with Crippen LogP contribution in [0.15, 0.2) is 123 Å². The lowest BCUT2D eigenvalue weighted by Gasteiger charge is -2.26. The van der Waals surface area contributed by atoms with Crippen molar-refractivity contribution in [2.75, 3.05) is 0 Å². The van der Waals surface area contributed by atoms with Crippen LogP contribution in [-0.4, -0.2) is 13.0 Å². The van der Waals surface area contributed by atoms with E-state index in [1.807, 2.05) is 60.7 Å². The molecule has 5 heteroatoms. The predicted octanol–water partition coefficient (Wildman–Crippen LogP) is 8.67. The summed E-state index contributed by atoms with van der Waals surface area (Å²) in [5, 5.41) is 0.938. The largest absolute Gasteiger partial charge is 0.456 e. The van der Waals surface area contributed by atoms with Gasteiger partial charge in [-0.05, 0) is 47.5 Å². The van der Waals surface area contributed by atoms with Crippen LogP contribution in [0.25, 0.3) is 50.4 Å². The minimum Gasteiger partial charge on any atom is -0.456 e. The molecule has 39 heavy (non-hydrogen) atoms. The zero-order chi connectivity index (χ0) is 26.9. The molecule has 0 saturated carbocycles. The SMILES string of the molecule is CC(C)(C)c1cc2c(-c3ccc(-c4ccc(-c5ccccc5)o4)cc3)ccc3c2n1-c1ccccc1S3(=O)=O. The van der Waals surface area contributed by atoms with E-state index in [1.54, 1.807) is 18.2 Å². The second-order valence-corrected chi connectivity index (χ2v) is 13.0. The van der Waals surface area contributed by atoms with Gasteiger partial charge in [-0.3, -0.25) is 0 Å². The highest BCUT2D eigenvalue weighted by Gasteiger charge is 2.35. The molecule has 3 heterocycles. The summed E-state index contributed by atoms with van der Waals surface area (Å²) in [5.74, 6) is 1.64. The van der Waals surface area contributed by atoms with Gasteiger partial charge in [-0.1, -0.05) is 93.6 Å². The van der Waals surface area contributed by atoms with Crippen molar-refractivity contribution in [1.82, 2.24) is 4.57 Å². The molecular formula is C34H27NO3S. The Kier molecular flexibility index (Phi) is 5.07. The average Bonchev–Trinajstić information content (AvgIpc) is 3.59. The third kappa shape index (κ3) is 3.61. The van der Waals surface area contributed by atoms with Gasteiger partial charge in [0.1, 0.15) is 11.5 Å². The Bertz CT molecular complexity index is 1990. The number of fused-ring (bicyclic) bond motifs is 2. The maximum Gasteiger partial charge on any atom is 0.210 e. The highest BCUT2D eigenvalue weighted by Crippen LogP contribution is 2.46. The van der Waals surface area contributed by atoms with Crippen molar-refractivity contribution in [3.63, 3.8) is 0 Å². The van der Waals surface area contributed by atoms with E-state index in [1.165, 1.54) is 0 Å². The Balaban J connectivity index is 1.38. The standard InChI is InChI=1S/C34H27NO3S/c1-34(2,3)32-21-26-25(17-20-31-33(26)35(32)27-11-7-8-12-30(27)39(31,36)37)22-13-15-24(16-14-22)29-19-18-28(38-29)23-9-5-4-6-10-23/h4-21H,1-3H3. The van der Waals surface area contributed by atoms with Gasteiger partial charge in [-0.2, -0.15) is 0 Å². The molecule has 0 spiro atoms. The van der Waals surface area contributed by atoms with E-state index >= 15 is 0 Å². The number of hydrogen-bond donors (Lipinski definition) is 0. The van der Waals surface area contributed by atoms with Gasteiger partial charge >= 0.3 is 0 Å². The van der Waals surface area contributed by atoms with Crippen LogP contribution in [-0.2, 0) is 15.3 Å². The number of nitrogens with zero attached hydrogens (tertiary/aromatic N) is 1. The smallest absolute Gasteiger partial charge is 0.210 e. The zero-order valence-corrected chi connectivity index (χ0v) is 22.8. The minimum atomic E-state index is -3.64. The van der Waals surface area contributed by atoms with Crippen LogP contribution in [0.5, 0.6) is 0 Å². The molecule has 192 valence electrons. The van der Waals surface area contributed by atoms with Crippen LogP contribution >= 0.6 is 0 Å². The van der Waals surface area contributed by atoms with Crippen molar-refractivity contribution in [2.24, 2.45) is 0 Å². The van der Waals surface area contributed by atoms with Crippen molar-refractivity contribution >= 4 is 20.7 Å². The first-order chi connectivity index (χ1) is 18.7. The highest BCUT2D eigenvalue weighted by atomic mass is 32.2. The van der Waals surface area contributed by atoms with Gasteiger partial charge in [0.25, 0.3) is 0 Å². The molecule has 0 atom stereocenters. The molecule has 1 aliphatic rings. The molecule has 0 unspecified atom stereocenters. The normalized spacial score (nSPS) is 13.9. The minimum absolute atomic E-state index is 0.193. The van der Waals surface area contributed by atoms with E-state index in [2.05, 4.69) is 55.7 Å². The molecule has 0 amide bonds. The number of para-hydroxylation sites is 1. The fraction of sp³-hybridized carbons (Fsp3) is 0.118. The van der Waals surface area contributed by atoms with Gasteiger partial charge in [0, 0.05) is 27.6 Å². The van der Waals surface area contributed by atoms with Gasteiger partial charge in [-0.25, -0.2) is 8.42 Å². The Morgan fingerprint density at radius 1 is 0.641 bits per heavy atom. The second kappa shape index (κ2) is 8.32. The molecule has 6 aromatic rings. The molecule has 0 radical (unpaired) electrons. The molecular weight excluding hydrogens is 502 g/mol. The van der Waals surface area contributed by atoms with Crippen molar-refractivity contribution in [3.05, 3.63) is 115 Å². The quantitative estimate of drug-likeness (QED) is 0.230. The second-order valence-electron chi connectivity index (χ2n) is 11.1. The lowest BCUT2D eigenvalue weighted by atomic mass is 9.91. The van der Waals surface area contributed by atoms with E-state index in [-0.39, 0.29) is 5.41 Å². The Hall–Kier alpha value is -4.35. The van der Waals surface area contributed by atoms with Crippen LogP contribution < -0.4 is 0 Å². The van der Waals surface area contributed by atoms with Crippen LogP contribution in [0.4, 0.5) is 0 Å². The molecule has 4 nitrogen and oxygen atoms in total. The summed E-state index contributed by atoms with van der Waals surface area (Å²) >= 11 is 0. The molecule has 0 N–H and O–H groups in total. The van der Waals surface area contributed by atoms with Crippen LogP contribution in [0, 0.1) is 0 Å². The Morgan fingerprint density at radius 2 is 1.26 bits per heavy atom. The molecule has 0 bridgehead atoms. The lowest BCUT2D eigenvalue weighted by Crippen LogP contribution is -2.21. The predicted molar refractivity (Wildman–Crippen MR) is 156 cm³/mol. The summed E-state index contributed by atoms with van der Waals surface area (Å²) < 4.78 is 35.6. The fourth-order valence-corrected chi connectivity index (χ4v) is 7.24.